The molecule has 11 heteroatoms. The lowest BCUT2D eigenvalue weighted by atomic mass is 9.77. The second-order valence-electron chi connectivity index (χ2n) is 10.8. The number of nitrogens with zero attached hydrogens (tertiary/aromatic N) is 1. The molecule has 1 heterocycles. The van der Waals surface area contributed by atoms with Crippen molar-refractivity contribution in [1.82, 2.24) is 15.5 Å². The molecule has 1 unspecified atom stereocenters. The molecule has 0 radical (unpaired) electrons. The van der Waals surface area contributed by atoms with Gasteiger partial charge in [0.1, 0.15) is 5.75 Å². The van der Waals surface area contributed by atoms with Gasteiger partial charge >= 0.3 is 5.97 Å². The van der Waals surface area contributed by atoms with E-state index < -0.39 is 23.2 Å². The first-order valence-corrected chi connectivity index (χ1v) is 14.6. The van der Waals surface area contributed by atoms with Crippen molar-refractivity contribution >= 4 is 29.5 Å². The second-order valence-corrected chi connectivity index (χ2v) is 10.8. The average Bonchev–Trinajstić information content (AvgIpc) is 3.38. The van der Waals surface area contributed by atoms with E-state index in [0.29, 0.717) is 54.7 Å². The third kappa shape index (κ3) is 7.98. The Labute approximate surface area is 251 Å². The maximum atomic E-state index is 13.7. The molecule has 2 aromatic rings. The highest BCUT2D eigenvalue weighted by molar-refractivity contribution is 6.06. The Morgan fingerprint density at radius 2 is 1.86 bits per heavy atom. The van der Waals surface area contributed by atoms with E-state index in [9.17, 15) is 24.0 Å². The molecule has 3 amide bonds. The van der Waals surface area contributed by atoms with E-state index >= 15 is 0 Å². The van der Waals surface area contributed by atoms with Crippen LogP contribution in [0.4, 0.5) is 0 Å². The van der Waals surface area contributed by atoms with Crippen molar-refractivity contribution < 1.29 is 38.2 Å². The number of carbonyl (C=O) groups excluding carboxylic acids is 5. The Morgan fingerprint density at radius 1 is 1.05 bits per heavy atom. The number of rotatable bonds is 7. The predicted octanol–water partition coefficient (Wildman–Crippen LogP) is 2.10. The summed E-state index contributed by atoms with van der Waals surface area (Å²) in [6.45, 7) is 1.86. The quantitative estimate of drug-likeness (QED) is 0.368. The first kappa shape index (κ1) is 31.7. The molecule has 1 aliphatic carbocycles. The lowest BCUT2D eigenvalue weighted by molar-refractivity contribution is -0.156. The third-order valence-corrected chi connectivity index (χ3v) is 7.78. The van der Waals surface area contributed by atoms with Gasteiger partial charge in [-0.25, -0.2) is 0 Å². The monoisotopic (exact) mass is 593 g/mol. The van der Waals surface area contributed by atoms with Crippen molar-refractivity contribution in [1.29, 1.82) is 0 Å². The van der Waals surface area contributed by atoms with Gasteiger partial charge < -0.3 is 29.7 Å². The molecule has 43 heavy (non-hydrogen) atoms. The van der Waals surface area contributed by atoms with Gasteiger partial charge in [-0.15, -0.1) is 0 Å². The van der Waals surface area contributed by atoms with Gasteiger partial charge in [-0.3, -0.25) is 24.0 Å². The number of fused-ring (bicyclic) bond motifs is 3. The molecule has 0 saturated heterocycles. The van der Waals surface area contributed by atoms with Crippen LogP contribution in [0, 0.1) is 5.41 Å². The first-order chi connectivity index (χ1) is 20.8. The minimum atomic E-state index is -1.12. The number of nitrogens with one attached hydrogen (secondary N) is 2. The fourth-order valence-corrected chi connectivity index (χ4v) is 5.60. The molecule has 0 fully saturated rings. The number of Topliss-reactive ketones (excluding diaryl/α,β-unsaturated/α-hetero) is 1. The van der Waals surface area contributed by atoms with Gasteiger partial charge in [-0.05, 0) is 61.9 Å². The summed E-state index contributed by atoms with van der Waals surface area (Å²) in [4.78, 5) is 66.8. The molecule has 11 nitrogen and oxygen atoms in total. The fourth-order valence-electron chi connectivity index (χ4n) is 5.60. The van der Waals surface area contributed by atoms with Crippen molar-refractivity contribution in [2.45, 2.75) is 39.0 Å². The zero-order chi connectivity index (χ0) is 30.8. The summed E-state index contributed by atoms with van der Waals surface area (Å²) in [6, 6.07) is 12.2. The minimum Gasteiger partial charge on any atom is -0.484 e. The Bertz CT molecular complexity index is 1360. The summed E-state index contributed by atoms with van der Waals surface area (Å²) >= 11 is 0. The summed E-state index contributed by atoms with van der Waals surface area (Å²) < 4.78 is 16.5. The number of ketones is 1. The summed E-state index contributed by atoms with van der Waals surface area (Å²) in [7, 11) is 1.58. The number of esters is 1. The highest BCUT2D eigenvalue weighted by Crippen LogP contribution is 2.32. The van der Waals surface area contributed by atoms with Crippen LogP contribution in [0.25, 0.3) is 0 Å². The Morgan fingerprint density at radius 3 is 2.65 bits per heavy atom. The van der Waals surface area contributed by atoms with Crippen LogP contribution in [-0.2, 0) is 36.7 Å². The minimum absolute atomic E-state index is 0.0173. The summed E-state index contributed by atoms with van der Waals surface area (Å²) in [5.74, 6) is -1.27. The van der Waals surface area contributed by atoms with Crippen LogP contribution >= 0.6 is 0 Å². The van der Waals surface area contributed by atoms with Crippen molar-refractivity contribution in [2.75, 3.05) is 53.1 Å². The fraction of sp³-hybridized carbons (Fsp3) is 0.469. The molecule has 1 atom stereocenters. The molecule has 4 rings (SSSR count). The summed E-state index contributed by atoms with van der Waals surface area (Å²) in [5.41, 5.74) is 1.21. The van der Waals surface area contributed by atoms with Gasteiger partial charge in [0.25, 0.3) is 11.8 Å². The summed E-state index contributed by atoms with van der Waals surface area (Å²) in [6.07, 6.45) is 1.95. The molecule has 2 aromatic carbocycles. The largest absolute Gasteiger partial charge is 0.484 e. The maximum absolute atomic E-state index is 13.7. The molecule has 0 spiro atoms. The number of hydrogen-bond donors (Lipinski definition) is 2. The van der Waals surface area contributed by atoms with E-state index in [-0.39, 0.29) is 57.5 Å². The van der Waals surface area contributed by atoms with Crippen molar-refractivity contribution in [2.24, 2.45) is 5.41 Å². The van der Waals surface area contributed by atoms with Gasteiger partial charge in [-0.1, -0.05) is 24.3 Å². The van der Waals surface area contributed by atoms with Crippen LogP contribution in [0.1, 0.15) is 58.0 Å². The van der Waals surface area contributed by atoms with Crippen LogP contribution in [0.3, 0.4) is 0 Å². The van der Waals surface area contributed by atoms with E-state index in [1.54, 1.807) is 50.4 Å². The van der Waals surface area contributed by atoms with Gasteiger partial charge in [0.2, 0.25) is 5.91 Å². The van der Waals surface area contributed by atoms with Gasteiger partial charge in [0.05, 0.1) is 18.6 Å². The highest BCUT2D eigenvalue weighted by Gasteiger charge is 2.40. The topological polar surface area (TPSA) is 140 Å². The van der Waals surface area contributed by atoms with E-state index in [1.165, 1.54) is 4.90 Å². The smallest absolute Gasteiger partial charge is 0.314 e. The van der Waals surface area contributed by atoms with E-state index in [4.69, 9.17) is 14.2 Å². The Balaban J connectivity index is 1.65. The van der Waals surface area contributed by atoms with Crippen LogP contribution < -0.4 is 15.4 Å². The van der Waals surface area contributed by atoms with Gasteiger partial charge in [0.15, 0.2) is 12.4 Å². The highest BCUT2D eigenvalue weighted by atomic mass is 16.5. The molecule has 1 aliphatic heterocycles. The Kier molecular flexibility index (Phi) is 10.9. The molecular formula is C32H39N3O8. The zero-order valence-electron chi connectivity index (χ0n) is 24.7. The van der Waals surface area contributed by atoms with Crippen molar-refractivity contribution in [3.8, 4) is 5.75 Å². The number of carbonyl (C=O) groups is 5. The lowest BCUT2D eigenvalue weighted by Gasteiger charge is -2.32. The molecule has 2 N–H and O–H groups in total. The number of amides is 3. The SMILES string of the molecule is CCOC(=O)C1(CCCOC)CNC(=O)CN(C(=O)c2cccc3c2CCC3=O)CCNC(=O)COc2cccc(c2)C1. The van der Waals surface area contributed by atoms with Crippen LogP contribution in [0.2, 0.25) is 0 Å². The van der Waals surface area contributed by atoms with Crippen molar-refractivity contribution in [3.63, 3.8) is 0 Å². The normalized spacial score (nSPS) is 19.6. The van der Waals surface area contributed by atoms with Crippen LogP contribution in [0.15, 0.2) is 42.5 Å². The van der Waals surface area contributed by atoms with Crippen LogP contribution in [-0.4, -0.2) is 87.5 Å². The maximum Gasteiger partial charge on any atom is 0.314 e. The van der Waals surface area contributed by atoms with E-state index in [1.807, 2.05) is 6.07 Å². The number of benzene rings is 2. The molecule has 2 bridgehead atoms. The average molecular weight is 594 g/mol. The molecule has 0 aromatic heterocycles. The number of methoxy groups -OCH3 is 1. The van der Waals surface area contributed by atoms with E-state index in [0.717, 1.165) is 5.56 Å². The Hall–Kier alpha value is -4.25. The number of hydrogen-bond acceptors (Lipinski definition) is 8. The second kappa shape index (κ2) is 14.8. The van der Waals surface area contributed by atoms with E-state index in [2.05, 4.69) is 10.6 Å². The van der Waals surface area contributed by atoms with Crippen molar-refractivity contribution in [3.05, 3.63) is 64.7 Å². The zero-order valence-corrected chi connectivity index (χ0v) is 24.7. The first-order valence-electron chi connectivity index (χ1n) is 14.6. The molecule has 230 valence electrons. The van der Waals surface area contributed by atoms with Gasteiger partial charge in [0, 0.05) is 50.9 Å². The standard InChI is InChI=1S/C32H39N3O8/c1-3-42-31(40)32(13-6-16-41-2)18-22-7-4-8-23(17-22)43-20-29(38)33-14-15-35(19-28(37)34-21-32)30(39)26-10-5-9-25-24(26)11-12-27(25)36/h4-5,7-10,17H,3,6,11-16,18-21H2,1-2H3,(H,33,38)(H,34,37). The summed E-state index contributed by atoms with van der Waals surface area (Å²) in [5, 5.41) is 5.62. The van der Waals surface area contributed by atoms with Crippen LogP contribution in [0.5, 0.6) is 5.75 Å². The predicted molar refractivity (Wildman–Crippen MR) is 157 cm³/mol. The molecule has 0 saturated carbocycles. The molecule has 2 aliphatic rings. The van der Waals surface area contributed by atoms with Gasteiger partial charge in [-0.2, -0.15) is 0 Å². The molecular weight excluding hydrogens is 554 g/mol. The lowest BCUT2D eigenvalue weighted by Crippen LogP contribution is -2.49. The third-order valence-electron chi connectivity index (χ3n) is 7.78. The number of ether oxygens (including phenoxy) is 3.